The van der Waals surface area contributed by atoms with Crippen LogP contribution in [0, 0.1) is 0 Å². The summed E-state index contributed by atoms with van der Waals surface area (Å²) >= 11 is 3.25. The lowest BCUT2D eigenvalue weighted by molar-refractivity contribution is -0.121. The molecule has 2 fully saturated rings. The first-order valence-corrected chi connectivity index (χ1v) is 8.12. The molecular formula is C15H18BrN3O4. The van der Waals surface area contributed by atoms with Gasteiger partial charge in [0.15, 0.2) is 0 Å². The van der Waals surface area contributed by atoms with Crippen LogP contribution in [0.25, 0.3) is 0 Å². The molecule has 2 saturated heterocycles. The van der Waals surface area contributed by atoms with Gasteiger partial charge in [-0.25, -0.2) is 9.78 Å². The molecule has 0 aromatic carbocycles. The van der Waals surface area contributed by atoms with Crippen LogP contribution in [0.2, 0.25) is 0 Å². The number of halogens is 1. The molecule has 0 spiro atoms. The fourth-order valence-corrected chi connectivity index (χ4v) is 2.89. The Kier molecular flexibility index (Phi) is 4.05. The van der Waals surface area contributed by atoms with Gasteiger partial charge in [0.05, 0.1) is 6.54 Å². The molecule has 0 radical (unpaired) electrons. The van der Waals surface area contributed by atoms with Crippen molar-refractivity contribution in [1.29, 1.82) is 0 Å². The van der Waals surface area contributed by atoms with E-state index in [1.807, 2.05) is 0 Å². The predicted octanol–water partition coefficient (Wildman–Crippen LogP) is 2.17. The number of rotatable bonds is 2. The van der Waals surface area contributed by atoms with Crippen LogP contribution in [-0.2, 0) is 14.3 Å². The van der Waals surface area contributed by atoms with Gasteiger partial charge in [-0.1, -0.05) is 6.07 Å². The highest BCUT2D eigenvalue weighted by Crippen LogP contribution is 2.37. The van der Waals surface area contributed by atoms with E-state index in [1.165, 1.54) is 4.90 Å². The summed E-state index contributed by atoms with van der Waals surface area (Å²) < 4.78 is 11.4. The number of hydrogen-bond acceptors (Lipinski definition) is 5. The minimum atomic E-state index is -0.698. The highest BCUT2D eigenvalue weighted by Gasteiger charge is 2.59. The summed E-state index contributed by atoms with van der Waals surface area (Å²) in [7, 11) is 0. The van der Waals surface area contributed by atoms with Crippen LogP contribution in [0.15, 0.2) is 22.8 Å². The van der Waals surface area contributed by atoms with Crippen molar-refractivity contribution in [3.05, 3.63) is 22.8 Å². The quantitative estimate of drug-likeness (QED) is 0.624. The molecule has 2 amide bonds. The van der Waals surface area contributed by atoms with Gasteiger partial charge in [0.25, 0.3) is 5.91 Å². The maximum Gasteiger partial charge on any atom is 0.411 e. The molecule has 7 nitrogen and oxygen atoms in total. The first-order chi connectivity index (χ1) is 10.7. The first-order valence-electron chi connectivity index (χ1n) is 7.33. The zero-order chi connectivity index (χ0) is 16.8. The van der Waals surface area contributed by atoms with Crippen LogP contribution in [0.1, 0.15) is 20.8 Å². The Morgan fingerprint density at radius 2 is 2.17 bits per heavy atom. The van der Waals surface area contributed by atoms with Gasteiger partial charge in [0, 0.05) is 0 Å². The fraction of sp³-hybridized carbons (Fsp3) is 0.533. The molecule has 3 atom stereocenters. The van der Waals surface area contributed by atoms with E-state index in [1.54, 1.807) is 39.0 Å². The van der Waals surface area contributed by atoms with Crippen molar-refractivity contribution in [3.8, 4) is 0 Å². The van der Waals surface area contributed by atoms with Crippen molar-refractivity contribution in [3.63, 3.8) is 0 Å². The number of likely N-dealkylation sites (tertiary alicyclic amines) is 1. The van der Waals surface area contributed by atoms with Gasteiger partial charge in [-0.2, -0.15) is 0 Å². The molecule has 0 aliphatic carbocycles. The van der Waals surface area contributed by atoms with Crippen molar-refractivity contribution < 1.29 is 19.1 Å². The van der Waals surface area contributed by atoms with Gasteiger partial charge in [-0.15, -0.1) is 0 Å². The van der Waals surface area contributed by atoms with Crippen LogP contribution >= 0.6 is 15.9 Å². The zero-order valence-corrected chi connectivity index (χ0v) is 14.7. The van der Waals surface area contributed by atoms with E-state index >= 15 is 0 Å². The highest BCUT2D eigenvalue weighted by molar-refractivity contribution is 9.10. The van der Waals surface area contributed by atoms with Gasteiger partial charge < -0.3 is 14.8 Å². The largest absolute Gasteiger partial charge is 0.444 e. The van der Waals surface area contributed by atoms with Crippen LogP contribution in [0.4, 0.5) is 10.6 Å². The number of pyridine rings is 1. The Morgan fingerprint density at radius 1 is 1.43 bits per heavy atom. The van der Waals surface area contributed by atoms with Crippen molar-refractivity contribution >= 4 is 33.7 Å². The number of carbonyl (C=O) groups excluding carboxylic acids is 2. The van der Waals surface area contributed by atoms with Gasteiger partial charge in [0.1, 0.15) is 34.3 Å². The van der Waals surface area contributed by atoms with E-state index in [9.17, 15) is 9.59 Å². The molecule has 3 rings (SSSR count). The molecule has 8 heteroatoms. The lowest BCUT2D eigenvalue weighted by Crippen LogP contribution is -2.49. The third kappa shape index (κ3) is 3.64. The van der Waals surface area contributed by atoms with E-state index in [-0.39, 0.29) is 18.1 Å². The number of fused-ring (bicyclic) bond motifs is 1. The van der Waals surface area contributed by atoms with Gasteiger partial charge in [-0.3, -0.25) is 9.69 Å². The summed E-state index contributed by atoms with van der Waals surface area (Å²) in [4.78, 5) is 30.4. The lowest BCUT2D eigenvalue weighted by atomic mass is 10.2. The number of amides is 2. The number of nitrogens with zero attached hydrogens (tertiary/aromatic N) is 2. The Hall–Kier alpha value is -1.67. The molecule has 2 aliphatic heterocycles. The Morgan fingerprint density at radius 3 is 2.83 bits per heavy atom. The number of anilines is 1. The average Bonchev–Trinajstić information content (AvgIpc) is 3.07. The Balaban J connectivity index is 1.71. The minimum absolute atomic E-state index is 0.0891. The van der Waals surface area contributed by atoms with Gasteiger partial charge >= 0.3 is 6.09 Å². The summed E-state index contributed by atoms with van der Waals surface area (Å²) in [5, 5.41) is 2.72. The van der Waals surface area contributed by atoms with E-state index in [2.05, 4.69) is 26.2 Å². The van der Waals surface area contributed by atoms with Crippen molar-refractivity contribution in [1.82, 2.24) is 9.88 Å². The number of ether oxygens (including phenoxy) is 2. The Labute approximate surface area is 142 Å². The standard InChI is InChI=1S/C15H18BrN3O4/c1-15(2,3)23-14(21)19-7-8-12(22-8)11(19)13(20)18-10-6-4-5-9(16)17-10/h4-6,8,11-12H,7H2,1-3H3,(H,17,18,20)/t8-,11+,12?/m1/s1. The second kappa shape index (κ2) is 5.76. The molecule has 1 aromatic heterocycles. The monoisotopic (exact) mass is 383 g/mol. The lowest BCUT2D eigenvalue weighted by Gasteiger charge is -2.29. The zero-order valence-electron chi connectivity index (χ0n) is 13.1. The predicted molar refractivity (Wildman–Crippen MR) is 86.0 cm³/mol. The van der Waals surface area contributed by atoms with Crippen molar-refractivity contribution in [2.24, 2.45) is 0 Å². The number of aromatic nitrogens is 1. The first kappa shape index (κ1) is 16.2. The third-order valence-corrected chi connectivity index (χ3v) is 3.95. The SMILES string of the molecule is CC(C)(C)OC(=O)N1C[C@H]2OC2[C@H]1C(=O)Nc1cccc(Br)n1. The van der Waals surface area contributed by atoms with Crippen molar-refractivity contribution in [2.75, 3.05) is 11.9 Å². The number of hydrogen-bond donors (Lipinski definition) is 1. The summed E-state index contributed by atoms with van der Waals surface area (Å²) in [6.07, 6.45) is -0.862. The molecular weight excluding hydrogens is 366 g/mol. The molecule has 3 heterocycles. The molecule has 23 heavy (non-hydrogen) atoms. The maximum atomic E-state index is 12.5. The van der Waals surface area contributed by atoms with E-state index < -0.39 is 17.7 Å². The summed E-state index contributed by atoms with van der Waals surface area (Å²) in [6, 6.07) is 4.51. The summed E-state index contributed by atoms with van der Waals surface area (Å²) in [5.41, 5.74) is -0.613. The smallest absolute Gasteiger partial charge is 0.411 e. The second-order valence-electron chi connectivity index (χ2n) is 6.55. The average molecular weight is 384 g/mol. The van der Waals surface area contributed by atoms with Crippen LogP contribution < -0.4 is 5.32 Å². The van der Waals surface area contributed by atoms with Crippen LogP contribution in [0.3, 0.4) is 0 Å². The van der Waals surface area contributed by atoms with E-state index in [0.29, 0.717) is 17.0 Å². The van der Waals surface area contributed by atoms with Crippen molar-refractivity contribution in [2.45, 2.75) is 44.6 Å². The number of carbonyl (C=O) groups is 2. The molecule has 124 valence electrons. The Bertz CT molecular complexity index is 646. The van der Waals surface area contributed by atoms with Crippen LogP contribution in [-0.4, -0.2) is 52.3 Å². The van der Waals surface area contributed by atoms with E-state index in [0.717, 1.165) is 0 Å². The molecule has 0 bridgehead atoms. The topological polar surface area (TPSA) is 84.1 Å². The molecule has 1 aromatic rings. The van der Waals surface area contributed by atoms with E-state index in [4.69, 9.17) is 9.47 Å². The number of epoxide rings is 1. The molecule has 1 N–H and O–H groups in total. The van der Waals surface area contributed by atoms with Gasteiger partial charge in [-0.05, 0) is 48.8 Å². The summed E-state index contributed by atoms with van der Waals surface area (Å²) in [5.74, 6) is 0.0871. The maximum absolute atomic E-state index is 12.5. The summed E-state index contributed by atoms with van der Waals surface area (Å²) in [6.45, 7) is 5.74. The van der Waals surface area contributed by atoms with Gasteiger partial charge in [0.2, 0.25) is 0 Å². The normalized spacial score (nSPS) is 25.7. The second-order valence-corrected chi connectivity index (χ2v) is 7.36. The van der Waals surface area contributed by atoms with Crippen LogP contribution in [0.5, 0.6) is 0 Å². The minimum Gasteiger partial charge on any atom is -0.444 e. The third-order valence-electron chi connectivity index (χ3n) is 3.51. The number of nitrogens with one attached hydrogen (secondary N) is 1. The highest BCUT2D eigenvalue weighted by atomic mass is 79.9. The molecule has 1 unspecified atom stereocenters. The fourth-order valence-electron chi connectivity index (χ4n) is 2.54. The molecule has 0 saturated carbocycles. The number of morpholine rings is 1. The molecule has 2 aliphatic rings.